The Kier molecular flexibility index (Phi) is 7.92. The van der Waals surface area contributed by atoms with Crippen LogP contribution in [0.25, 0.3) is 0 Å². The minimum Gasteiger partial charge on any atom is -0.314 e. The number of hydrogen-bond acceptors (Lipinski definition) is 2. The van der Waals surface area contributed by atoms with E-state index in [1.165, 1.54) is 58.3 Å². The molecule has 0 aromatic carbocycles. The monoisotopic (exact) mass is 254 g/mol. The molecular formula is C16H34N2. The molecule has 18 heavy (non-hydrogen) atoms. The van der Waals surface area contributed by atoms with Crippen LogP contribution in [0.15, 0.2) is 0 Å². The minimum absolute atomic E-state index is 0.774. The molecule has 1 saturated heterocycles. The quantitative estimate of drug-likeness (QED) is 0.713. The second kappa shape index (κ2) is 8.92. The zero-order valence-corrected chi connectivity index (χ0v) is 13.0. The molecule has 0 saturated carbocycles. The SMILES string of the molecule is CCCNC1CCN(CCCC(C)C)CC1CC. The Labute approximate surface area is 115 Å². The summed E-state index contributed by atoms with van der Waals surface area (Å²) in [6.07, 6.45) is 6.68. The highest BCUT2D eigenvalue weighted by molar-refractivity contribution is 4.84. The van der Waals surface area contributed by atoms with Gasteiger partial charge in [-0.3, -0.25) is 0 Å². The topological polar surface area (TPSA) is 15.3 Å². The van der Waals surface area contributed by atoms with Crippen LogP contribution in [0.3, 0.4) is 0 Å². The maximum absolute atomic E-state index is 3.74. The summed E-state index contributed by atoms with van der Waals surface area (Å²) in [5.74, 6) is 1.72. The first-order chi connectivity index (χ1) is 8.67. The molecule has 108 valence electrons. The van der Waals surface area contributed by atoms with Gasteiger partial charge in [0.1, 0.15) is 0 Å². The number of nitrogens with zero attached hydrogens (tertiary/aromatic N) is 1. The van der Waals surface area contributed by atoms with Crippen molar-refractivity contribution < 1.29 is 0 Å². The van der Waals surface area contributed by atoms with Gasteiger partial charge in [-0.1, -0.05) is 34.1 Å². The van der Waals surface area contributed by atoms with Gasteiger partial charge in [-0.15, -0.1) is 0 Å². The van der Waals surface area contributed by atoms with Gasteiger partial charge in [0.15, 0.2) is 0 Å². The molecule has 0 spiro atoms. The van der Waals surface area contributed by atoms with Crippen molar-refractivity contribution in [3.05, 3.63) is 0 Å². The maximum atomic E-state index is 3.74. The van der Waals surface area contributed by atoms with E-state index in [1.807, 2.05) is 0 Å². The van der Waals surface area contributed by atoms with Crippen molar-refractivity contribution in [3.8, 4) is 0 Å². The third kappa shape index (κ3) is 5.71. The van der Waals surface area contributed by atoms with Gasteiger partial charge >= 0.3 is 0 Å². The van der Waals surface area contributed by atoms with E-state index >= 15 is 0 Å². The number of nitrogens with one attached hydrogen (secondary N) is 1. The van der Waals surface area contributed by atoms with Gasteiger partial charge in [-0.25, -0.2) is 0 Å². The molecule has 0 aliphatic carbocycles. The van der Waals surface area contributed by atoms with Crippen molar-refractivity contribution in [1.29, 1.82) is 0 Å². The summed E-state index contributed by atoms with van der Waals surface area (Å²) in [4.78, 5) is 2.70. The van der Waals surface area contributed by atoms with Crippen molar-refractivity contribution in [3.63, 3.8) is 0 Å². The molecule has 0 aromatic rings. The van der Waals surface area contributed by atoms with E-state index in [4.69, 9.17) is 0 Å². The van der Waals surface area contributed by atoms with Gasteiger partial charge in [0, 0.05) is 12.6 Å². The summed E-state index contributed by atoms with van der Waals surface area (Å²) in [6.45, 7) is 14.4. The Bertz CT molecular complexity index is 203. The lowest BCUT2D eigenvalue weighted by Crippen LogP contribution is -2.49. The third-order valence-corrected chi connectivity index (χ3v) is 4.25. The standard InChI is InChI=1S/C16H34N2/c1-5-10-17-16-9-12-18(13-15(16)6-2)11-7-8-14(3)4/h14-17H,5-13H2,1-4H3. The molecule has 1 aliphatic rings. The molecule has 0 amide bonds. The van der Waals surface area contributed by atoms with Gasteiger partial charge < -0.3 is 10.2 Å². The first-order valence-corrected chi connectivity index (χ1v) is 8.13. The van der Waals surface area contributed by atoms with Crippen LogP contribution in [0, 0.1) is 11.8 Å². The van der Waals surface area contributed by atoms with Crippen molar-refractivity contribution in [2.75, 3.05) is 26.2 Å². The number of likely N-dealkylation sites (tertiary alicyclic amines) is 1. The highest BCUT2D eigenvalue weighted by Gasteiger charge is 2.26. The molecule has 1 rings (SSSR count). The molecule has 0 radical (unpaired) electrons. The van der Waals surface area contributed by atoms with E-state index in [0.717, 1.165) is 17.9 Å². The first kappa shape index (κ1) is 16.0. The number of piperidine rings is 1. The molecular weight excluding hydrogens is 220 g/mol. The highest BCUT2D eigenvalue weighted by Crippen LogP contribution is 2.21. The predicted molar refractivity (Wildman–Crippen MR) is 81.0 cm³/mol. The van der Waals surface area contributed by atoms with Crippen LogP contribution in [0.4, 0.5) is 0 Å². The van der Waals surface area contributed by atoms with Crippen LogP contribution >= 0.6 is 0 Å². The minimum atomic E-state index is 0.774. The Balaban J connectivity index is 2.26. The summed E-state index contributed by atoms with van der Waals surface area (Å²) < 4.78 is 0. The van der Waals surface area contributed by atoms with Crippen molar-refractivity contribution in [2.45, 2.75) is 65.8 Å². The molecule has 0 bridgehead atoms. The highest BCUT2D eigenvalue weighted by atomic mass is 15.1. The lowest BCUT2D eigenvalue weighted by molar-refractivity contribution is 0.132. The predicted octanol–water partition coefficient (Wildman–Crippen LogP) is 3.52. The van der Waals surface area contributed by atoms with E-state index in [0.29, 0.717) is 0 Å². The van der Waals surface area contributed by atoms with Crippen molar-refractivity contribution >= 4 is 0 Å². The van der Waals surface area contributed by atoms with Gasteiger partial charge in [0.25, 0.3) is 0 Å². The zero-order valence-electron chi connectivity index (χ0n) is 13.0. The lowest BCUT2D eigenvalue weighted by atomic mass is 9.89. The molecule has 2 atom stereocenters. The van der Waals surface area contributed by atoms with Gasteiger partial charge in [0.2, 0.25) is 0 Å². The van der Waals surface area contributed by atoms with Crippen LogP contribution in [0.1, 0.15) is 59.8 Å². The van der Waals surface area contributed by atoms with Crippen LogP contribution < -0.4 is 5.32 Å². The van der Waals surface area contributed by atoms with Crippen molar-refractivity contribution in [2.24, 2.45) is 11.8 Å². The van der Waals surface area contributed by atoms with E-state index < -0.39 is 0 Å². The van der Waals surface area contributed by atoms with E-state index in [-0.39, 0.29) is 0 Å². The maximum Gasteiger partial charge on any atom is 0.0120 e. The molecule has 1 fully saturated rings. The fourth-order valence-electron chi connectivity index (χ4n) is 3.05. The molecule has 1 aliphatic heterocycles. The summed E-state index contributed by atoms with van der Waals surface area (Å²) in [6, 6.07) is 0.774. The Morgan fingerprint density at radius 1 is 1.28 bits per heavy atom. The van der Waals surface area contributed by atoms with Crippen molar-refractivity contribution in [1.82, 2.24) is 10.2 Å². The largest absolute Gasteiger partial charge is 0.314 e. The fourth-order valence-corrected chi connectivity index (χ4v) is 3.05. The summed E-state index contributed by atoms with van der Waals surface area (Å²) in [5, 5.41) is 3.74. The summed E-state index contributed by atoms with van der Waals surface area (Å²) in [5.41, 5.74) is 0. The molecule has 1 heterocycles. The van der Waals surface area contributed by atoms with Crippen LogP contribution in [-0.2, 0) is 0 Å². The third-order valence-electron chi connectivity index (χ3n) is 4.25. The lowest BCUT2D eigenvalue weighted by Gasteiger charge is -2.39. The Hall–Kier alpha value is -0.0800. The average Bonchev–Trinajstić information content (AvgIpc) is 2.36. The molecule has 2 nitrogen and oxygen atoms in total. The Morgan fingerprint density at radius 3 is 2.67 bits per heavy atom. The number of hydrogen-bond donors (Lipinski definition) is 1. The molecule has 0 aromatic heterocycles. The average molecular weight is 254 g/mol. The second-order valence-corrected chi connectivity index (χ2v) is 6.35. The molecule has 1 N–H and O–H groups in total. The fraction of sp³-hybridized carbons (Fsp3) is 1.00. The van der Waals surface area contributed by atoms with E-state index in [9.17, 15) is 0 Å². The molecule has 2 heteroatoms. The van der Waals surface area contributed by atoms with E-state index in [2.05, 4.69) is 37.9 Å². The Morgan fingerprint density at radius 2 is 2.06 bits per heavy atom. The normalized spacial score (nSPS) is 25.8. The van der Waals surface area contributed by atoms with Gasteiger partial charge in [-0.05, 0) is 57.2 Å². The molecule has 2 unspecified atom stereocenters. The van der Waals surface area contributed by atoms with Gasteiger partial charge in [-0.2, -0.15) is 0 Å². The summed E-state index contributed by atoms with van der Waals surface area (Å²) in [7, 11) is 0. The zero-order chi connectivity index (χ0) is 13.4. The van der Waals surface area contributed by atoms with Crippen LogP contribution in [0.5, 0.6) is 0 Å². The van der Waals surface area contributed by atoms with E-state index in [1.54, 1.807) is 0 Å². The second-order valence-electron chi connectivity index (χ2n) is 6.35. The summed E-state index contributed by atoms with van der Waals surface area (Å²) >= 11 is 0. The number of rotatable bonds is 8. The smallest absolute Gasteiger partial charge is 0.0120 e. The van der Waals surface area contributed by atoms with Crippen LogP contribution in [0.2, 0.25) is 0 Å². The van der Waals surface area contributed by atoms with Crippen LogP contribution in [-0.4, -0.2) is 37.1 Å². The first-order valence-electron chi connectivity index (χ1n) is 8.13. The van der Waals surface area contributed by atoms with Gasteiger partial charge in [0.05, 0.1) is 0 Å².